The summed E-state index contributed by atoms with van der Waals surface area (Å²) in [5.74, 6) is -0.256. The molecule has 0 aromatic carbocycles. The lowest BCUT2D eigenvalue weighted by Gasteiger charge is -2.38. The van der Waals surface area contributed by atoms with Crippen molar-refractivity contribution in [2.45, 2.75) is 37.8 Å². The number of nitrogens with one attached hydrogen (secondary N) is 1. The molecule has 1 N–H and O–H groups in total. The highest BCUT2D eigenvalue weighted by molar-refractivity contribution is 5.82. The minimum absolute atomic E-state index is 0.000744. The first kappa shape index (κ1) is 14.3. The lowest BCUT2D eigenvalue weighted by Crippen LogP contribution is -2.54. The van der Waals surface area contributed by atoms with Crippen molar-refractivity contribution < 1.29 is 19.1 Å². The van der Waals surface area contributed by atoms with E-state index in [1.807, 2.05) is 0 Å². The average molecular weight is 270 g/mol. The molecule has 2 heterocycles. The molecule has 2 aliphatic rings. The molecule has 108 valence electrons. The molecule has 2 saturated heterocycles. The van der Waals surface area contributed by atoms with Crippen molar-refractivity contribution in [3.8, 4) is 0 Å². The molecule has 2 atom stereocenters. The van der Waals surface area contributed by atoms with Crippen LogP contribution in [0.15, 0.2) is 0 Å². The van der Waals surface area contributed by atoms with E-state index in [2.05, 4.69) is 5.32 Å². The van der Waals surface area contributed by atoms with E-state index in [0.717, 1.165) is 25.8 Å². The Hall–Kier alpha value is -1.14. The van der Waals surface area contributed by atoms with Crippen molar-refractivity contribution in [2.24, 2.45) is 0 Å². The molecule has 0 aromatic rings. The number of esters is 1. The van der Waals surface area contributed by atoms with E-state index in [0.29, 0.717) is 19.7 Å². The van der Waals surface area contributed by atoms with Crippen LogP contribution in [0, 0.1) is 0 Å². The van der Waals surface area contributed by atoms with E-state index >= 15 is 0 Å². The van der Waals surface area contributed by atoms with Gasteiger partial charge in [-0.3, -0.25) is 9.59 Å². The minimum Gasteiger partial charge on any atom is -0.469 e. The second-order valence-corrected chi connectivity index (χ2v) is 5.03. The number of hydrogen-bond acceptors (Lipinski definition) is 5. The standard InChI is InChI=1S/C13H22N2O4/c1-18-12(16)8-10-4-2-3-6-15(10)13(17)11-9-14-5-7-19-11/h10-11,14H,2-9H2,1H3. The van der Waals surface area contributed by atoms with Crippen molar-refractivity contribution in [3.05, 3.63) is 0 Å². The maximum atomic E-state index is 12.4. The number of nitrogens with zero attached hydrogens (tertiary/aromatic N) is 1. The molecule has 0 spiro atoms. The summed E-state index contributed by atoms with van der Waals surface area (Å²) in [6, 6.07) is -0.0424. The second kappa shape index (κ2) is 6.86. The van der Waals surface area contributed by atoms with Gasteiger partial charge < -0.3 is 19.7 Å². The lowest BCUT2D eigenvalue weighted by molar-refractivity contribution is -0.151. The van der Waals surface area contributed by atoms with Crippen LogP contribution < -0.4 is 5.32 Å². The molecule has 0 aromatic heterocycles. The number of ether oxygens (including phenoxy) is 2. The van der Waals surface area contributed by atoms with Crippen molar-refractivity contribution in [2.75, 3.05) is 33.4 Å². The summed E-state index contributed by atoms with van der Waals surface area (Å²) >= 11 is 0. The Kier molecular flexibility index (Phi) is 5.15. The van der Waals surface area contributed by atoms with Gasteiger partial charge in [-0.05, 0) is 19.3 Å². The van der Waals surface area contributed by atoms with Gasteiger partial charge in [0.25, 0.3) is 5.91 Å². The fraction of sp³-hybridized carbons (Fsp3) is 0.846. The first-order valence-corrected chi connectivity index (χ1v) is 6.92. The number of hydrogen-bond donors (Lipinski definition) is 1. The Bertz CT molecular complexity index is 329. The number of amides is 1. The monoisotopic (exact) mass is 270 g/mol. The topological polar surface area (TPSA) is 67.9 Å². The fourth-order valence-corrected chi connectivity index (χ4v) is 2.69. The van der Waals surface area contributed by atoms with Crippen molar-refractivity contribution in [1.29, 1.82) is 0 Å². The third-order valence-electron chi connectivity index (χ3n) is 3.74. The van der Waals surface area contributed by atoms with Gasteiger partial charge in [0, 0.05) is 25.7 Å². The number of rotatable bonds is 3. The van der Waals surface area contributed by atoms with E-state index in [-0.39, 0.29) is 24.3 Å². The van der Waals surface area contributed by atoms with Crippen LogP contribution in [0.25, 0.3) is 0 Å². The van der Waals surface area contributed by atoms with Crippen molar-refractivity contribution in [1.82, 2.24) is 10.2 Å². The van der Waals surface area contributed by atoms with Gasteiger partial charge in [0.15, 0.2) is 0 Å². The Balaban J connectivity index is 1.97. The summed E-state index contributed by atoms with van der Waals surface area (Å²) in [6.07, 6.45) is 2.77. The molecule has 6 heteroatoms. The Labute approximate surface area is 113 Å². The number of carbonyl (C=O) groups is 2. The number of morpholine rings is 1. The highest BCUT2D eigenvalue weighted by Gasteiger charge is 2.33. The molecular weight excluding hydrogens is 248 g/mol. The van der Waals surface area contributed by atoms with Crippen LogP contribution in [0.2, 0.25) is 0 Å². The zero-order valence-electron chi connectivity index (χ0n) is 11.4. The van der Waals surface area contributed by atoms with Gasteiger partial charge in [0.05, 0.1) is 20.1 Å². The molecule has 2 rings (SSSR count). The van der Waals surface area contributed by atoms with E-state index in [9.17, 15) is 9.59 Å². The van der Waals surface area contributed by atoms with Crippen LogP contribution in [-0.2, 0) is 19.1 Å². The maximum Gasteiger partial charge on any atom is 0.307 e. The second-order valence-electron chi connectivity index (χ2n) is 5.03. The normalized spacial score (nSPS) is 27.9. The summed E-state index contributed by atoms with van der Waals surface area (Å²) < 4.78 is 10.2. The Morgan fingerprint density at radius 3 is 2.95 bits per heavy atom. The maximum absolute atomic E-state index is 12.4. The van der Waals surface area contributed by atoms with E-state index in [4.69, 9.17) is 9.47 Å². The molecule has 0 aliphatic carbocycles. The number of likely N-dealkylation sites (tertiary alicyclic amines) is 1. The Morgan fingerprint density at radius 1 is 1.42 bits per heavy atom. The third kappa shape index (κ3) is 3.67. The van der Waals surface area contributed by atoms with Gasteiger partial charge in [-0.15, -0.1) is 0 Å². The van der Waals surface area contributed by atoms with Crippen LogP contribution in [0.3, 0.4) is 0 Å². The van der Waals surface area contributed by atoms with Crippen LogP contribution in [0.1, 0.15) is 25.7 Å². The van der Waals surface area contributed by atoms with Gasteiger partial charge in [0.2, 0.25) is 0 Å². The summed E-state index contributed by atoms with van der Waals surface area (Å²) in [5.41, 5.74) is 0. The molecule has 0 bridgehead atoms. The SMILES string of the molecule is COC(=O)CC1CCCCN1C(=O)C1CNCCO1. The van der Waals surface area contributed by atoms with Crippen LogP contribution in [0.4, 0.5) is 0 Å². The zero-order valence-corrected chi connectivity index (χ0v) is 11.4. The largest absolute Gasteiger partial charge is 0.469 e. The van der Waals surface area contributed by atoms with E-state index in [1.165, 1.54) is 7.11 Å². The first-order chi connectivity index (χ1) is 9.22. The summed E-state index contributed by atoms with van der Waals surface area (Å²) in [6.45, 7) is 2.61. The molecule has 0 radical (unpaired) electrons. The van der Waals surface area contributed by atoms with E-state index in [1.54, 1.807) is 4.90 Å². The molecule has 0 saturated carbocycles. The van der Waals surface area contributed by atoms with Crippen LogP contribution in [-0.4, -0.2) is 62.3 Å². The van der Waals surface area contributed by atoms with Crippen LogP contribution in [0.5, 0.6) is 0 Å². The predicted molar refractivity (Wildman–Crippen MR) is 68.6 cm³/mol. The van der Waals surface area contributed by atoms with Crippen molar-refractivity contribution in [3.63, 3.8) is 0 Å². The summed E-state index contributed by atoms with van der Waals surface area (Å²) in [4.78, 5) is 25.7. The molecule has 2 fully saturated rings. The van der Waals surface area contributed by atoms with Gasteiger partial charge in [0.1, 0.15) is 6.10 Å². The first-order valence-electron chi connectivity index (χ1n) is 6.92. The molecule has 6 nitrogen and oxygen atoms in total. The Morgan fingerprint density at radius 2 is 2.26 bits per heavy atom. The van der Waals surface area contributed by atoms with Gasteiger partial charge in [-0.1, -0.05) is 0 Å². The third-order valence-corrected chi connectivity index (χ3v) is 3.74. The molecular formula is C13H22N2O4. The minimum atomic E-state index is -0.410. The van der Waals surface area contributed by atoms with Crippen LogP contribution >= 0.6 is 0 Å². The van der Waals surface area contributed by atoms with Gasteiger partial charge >= 0.3 is 5.97 Å². The smallest absolute Gasteiger partial charge is 0.307 e. The van der Waals surface area contributed by atoms with E-state index < -0.39 is 6.10 Å². The molecule has 1 amide bonds. The summed E-state index contributed by atoms with van der Waals surface area (Å²) in [5, 5.41) is 3.16. The zero-order chi connectivity index (χ0) is 13.7. The highest BCUT2D eigenvalue weighted by atomic mass is 16.5. The predicted octanol–water partition coefficient (Wildman–Crippen LogP) is -0.0810. The quantitative estimate of drug-likeness (QED) is 0.727. The fourth-order valence-electron chi connectivity index (χ4n) is 2.69. The van der Waals surface area contributed by atoms with Gasteiger partial charge in [-0.25, -0.2) is 0 Å². The lowest BCUT2D eigenvalue weighted by atomic mass is 9.98. The molecule has 2 aliphatic heterocycles. The highest BCUT2D eigenvalue weighted by Crippen LogP contribution is 2.21. The number of piperidine rings is 1. The average Bonchev–Trinajstić information content (AvgIpc) is 2.48. The van der Waals surface area contributed by atoms with Gasteiger partial charge in [-0.2, -0.15) is 0 Å². The number of carbonyl (C=O) groups excluding carboxylic acids is 2. The van der Waals surface area contributed by atoms with Crippen molar-refractivity contribution >= 4 is 11.9 Å². The molecule has 2 unspecified atom stereocenters. The number of methoxy groups -OCH3 is 1. The summed E-state index contributed by atoms with van der Waals surface area (Å²) in [7, 11) is 1.38. The molecule has 19 heavy (non-hydrogen) atoms.